The summed E-state index contributed by atoms with van der Waals surface area (Å²) in [6.07, 6.45) is 5.11. The summed E-state index contributed by atoms with van der Waals surface area (Å²) in [4.78, 5) is 17.6. The molecule has 1 aliphatic heterocycles. The molecule has 1 aromatic carbocycles. The van der Waals surface area contributed by atoms with E-state index in [1.807, 2.05) is 24.3 Å². The molecular formula is C18H22N3O3. The Kier molecular flexibility index (Phi) is 4.85. The van der Waals surface area contributed by atoms with Crippen LogP contribution in [0.2, 0.25) is 0 Å². The van der Waals surface area contributed by atoms with Gasteiger partial charge in [0.25, 0.3) is 0 Å². The number of likely N-dealkylation sites (tertiary alicyclic amines) is 1. The number of carbonyl (C=O) groups is 1. The Bertz CT molecular complexity index is 735. The monoisotopic (exact) mass is 328 g/mol. The third kappa shape index (κ3) is 3.28. The molecule has 2 aromatic rings. The number of aliphatic hydroxyl groups is 1. The van der Waals surface area contributed by atoms with Crippen molar-refractivity contribution in [1.82, 2.24) is 9.88 Å². The van der Waals surface area contributed by atoms with Crippen LogP contribution in [0.15, 0.2) is 30.5 Å². The van der Waals surface area contributed by atoms with Crippen molar-refractivity contribution in [1.29, 1.82) is 0 Å². The first kappa shape index (κ1) is 16.5. The van der Waals surface area contributed by atoms with Crippen LogP contribution in [0.4, 0.5) is 4.79 Å². The van der Waals surface area contributed by atoms with E-state index in [0.717, 1.165) is 29.3 Å². The van der Waals surface area contributed by atoms with E-state index in [4.69, 9.17) is 10.5 Å². The van der Waals surface area contributed by atoms with Gasteiger partial charge in [-0.15, -0.1) is 0 Å². The Hall–Kier alpha value is -2.34. The molecule has 3 rings (SSSR count). The summed E-state index contributed by atoms with van der Waals surface area (Å²) in [7, 11) is 1.59. The molecule has 2 amide bonds. The van der Waals surface area contributed by atoms with Crippen molar-refractivity contribution >= 4 is 16.9 Å². The van der Waals surface area contributed by atoms with Crippen LogP contribution in [-0.2, 0) is 0 Å². The molecule has 0 aliphatic carbocycles. The summed E-state index contributed by atoms with van der Waals surface area (Å²) in [5, 5.41) is 11.6. The summed E-state index contributed by atoms with van der Waals surface area (Å²) in [6, 6.07) is 7.02. The molecule has 2 atom stereocenters. The van der Waals surface area contributed by atoms with Crippen LogP contribution < -0.4 is 10.5 Å². The third-order valence-electron chi connectivity index (χ3n) is 4.56. The maximum atomic E-state index is 11.6. The summed E-state index contributed by atoms with van der Waals surface area (Å²) in [5.74, 6) is 0.645. The largest absolute Gasteiger partial charge is 0.495 e. The average Bonchev–Trinajstić information content (AvgIpc) is 2.60. The number of nitrogens with two attached hydrogens (primary N) is 1. The van der Waals surface area contributed by atoms with Crippen molar-refractivity contribution in [2.75, 3.05) is 13.7 Å². The number of methoxy groups -OCH3 is 1. The summed E-state index contributed by atoms with van der Waals surface area (Å²) in [6.45, 7) is 0.609. The van der Waals surface area contributed by atoms with E-state index >= 15 is 0 Å². The predicted octanol–water partition coefficient (Wildman–Crippen LogP) is 2.41. The van der Waals surface area contributed by atoms with Crippen LogP contribution in [0.3, 0.4) is 0 Å². The molecule has 1 aliphatic rings. The molecule has 6 heteroatoms. The number of fused-ring (bicyclic) bond motifs is 1. The van der Waals surface area contributed by atoms with Crippen molar-refractivity contribution in [3.05, 3.63) is 42.4 Å². The number of urea groups is 1. The summed E-state index contributed by atoms with van der Waals surface area (Å²) < 4.78 is 5.24. The van der Waals surface area contributed by atoms with Gasteiger partial charge in [0, 0.05) is 18.0 Å². The van der Waals surface area contributed by atoms with E-state index in [-0.39, 0.29) is 6.04 Å². The lowest BCUT2D eigenvalue weighted by Gasteiger charge is -2.35. The second-order valence-electron chi connectivity index (χ2n) is 6.04. The van der Waals surface area contributed by atoms with E-state index in [1.54, 1.807) is 18.2 Å². The Balaban J connectivity index is 1.87. The minimum Gasteiger partial charge on any atom is -0.495 e. The normalized spacial score (nSPS) is 19.2. The fourth-order valence-electron chi connectivity index (χ4n) is 3.30. The number of hydrogen-bond acceptors (Lipinski definition) is 4. The Labute approximate surface area is 141 Å². The highest BCUT2D eigenvalue weighted by molar-refractivity contribution is 5.83. The fourth-order valence-corrected chi connectivity index (χ4v) is 3.30. The van der Waals surface area contributed by atoms with Gasteiger partial charge in [-0.3, -0.25) is 4.98 Å². The Morgan fingerprint density at radius 3 is 3.12 bits per heavy atom. The number of ether oxygens (including phenoxy) is 1. The number of carbonyl (C=O) groups excluding carboxylic acids is 1. The number of piperidine rings is 1. The molecule has 1 unspecified atom stereocenters. The molecule has 127 valence electrons. The van der Waals surface area contributed by atoms with Crippen LogP contribution in [0.1, 0.15) is 30.9 Å². The second-order valence-corrected chi connectivity index (χ2v) is 6.04. The summed E-state index contributed by atoms with van der Waals surface area (Å²) in [5.41, 5.74) is 7.05. The number of nitrogens with zero attached hydrogens (tertiary/aromatic N) is 2. The van der Waals surface area contributed by atoms with Crippen molar-refractivity contribution in [3.63, 3.8) is 0 Å². The zero-order chi connectivity index (χ0) is 17.1. The van der Waals surface area contributed by atoms with E-state index in [1.165, 1.54) is 0 Å². The number of benzene rings is 1. The van der Waals surface area contributed by atoms with Crippen molar-refractivity contribution in [3.8, 4) is 5.75 Å². The number of aromatic nitrogens is 1. The molecule has 0 saturated carbocycles. The maximum Gasteiger partial charge on any atom is 0.315 e. The molecule has 3 N–H and O–H groups in total. The molecule has 1 radical (unpaired) electrons. The lowest BCUT2D eigenvalue weighted by molar-refractivity contribution is 0.107. The van der Waals surface area contributed by atoms with Gasteiger partial charge in [0.1, 0.15) is 5.75 Å². The van der Waals surface area contributed by atoms with Crippen molar-refractivity contribution in [2.45, 2.75) is 31.4 Å². The predicted molar refractivity (Wildman–Crippen MR) is 91.5 cm³/mol. The lowest BCUT2D eigenvalue weighted by Crippen LogP contribution is -2.47. The smallest absolute Gasteiger partial charge is 0.315 e. The lowest BCUT2D eigenvalue weighted by atomic mass is 9.92. The first-order valence-corrected chi connectivity index (χ1v) is 8.08. The molecule has 1 fully saturated rings. The molecule has 24 heavy (non-hydrogen) atoms. The van der Waals surface area contributed by atoms with E-state index in [2.05, 4.69) is 11.4 Å². The molecule has 1 aromatic heterocycles. The van der Waals surface area contributed by atoms with Gasteiger partial charge in [-0.25, -0.2) is 4.79 Å². The van der Waals surface area contributed by atoms with Gasteiger partial charge < -0.3 is 20.5 Å². The number of rotatable bonds is 4. The molecule has 1 saturated heterocycles. The highest BCUT2D eigenvalue weighted by Gasteiger charge is 2.28. The minimum atomic E-state index is -0.707. The number of aliphatic hydroxyl groups excluding tert-OH is 1. The number of pyridine rings is 1. The second kappa shape index (κ2) is 7.05. The molecule has 2 heterocycles. The Morgan fingerprint density at radius 2 is 2.38 bits per heavy atom. The van der Waals surface area contributed by atoms with Crippen molar-refractivity contribution in [2.24, 2.45) is 5.73 Å². The first-order valence-electron chi connectivity index (χ1n) is 8.08. The van der Waals surface area contributed by atoms with Gasteiger partial charge in [0.05, 0.1) is 24.9 Å². The van der Waals surface area contributed by atoms with Gasteiger partial charge in [0.15, 0.2) is 0 Å². The van der Waals surface area contributed by atoms with Crippen LogP contribution in [-0.4, -0.2) is 40.7 Å². The SMILES string of the molecule is COc1cnc2cccc(C(O)C[C@H]3C[CH]CCN3C(N)=O)c2c1. The maximum absolute atomic E-state index is 11.6. The fraction of sp³-hybridized carbons (Fsp3) is 0.389. The molecule has 0 spiro atoms. The van der Waals surface area contributed by atoms with Crippen LogP contribution in [0.25, 0.3) is 10.9 Å². The highest BCUT2D eigenvalue weighted by atomic mass is 16.5. The highest BCUT2D eigenvalue weighted by Crippen LogP contribution is 2.31. The number of hydrogen-bond donors (Lipinski definition) is 2. The van der Waals surface area contributed by atoms with Crippen LogP contribution in [0, 0.1) is 6.42 Å². The zero-order valence-electron chi connectivity index (χ0n) is 13.7. The van der Waals surface area contributed by atoms with E-state index in [0.29, 0.717) is 18.7 Å². The minimum absolute atomic E-state index is 0.0833. The summed E-state index contributed by atoms with van der Waals surface area (Å²) >= 11 is 0. The quantitative estimate of drug-likeness (QED) is 0.902. The van der Waals surface area contributed by atoms with Gasteiger partial charge in [-0.1, -0.05) is 12.1 Å². The molecule has 0 bridgehead atoms. The van der Waals surface area contributed by atoms with Gasteiger partial charge in [-0.2, -0.15) is 0 Å². The Morgan fingerprint density at radius 1 is 1.54 bits per heavy atom. The van der Waals surface area contributed by atoms with Gasteiger partial charge in [0.2, 0.25) is 0 Å². The zero-order valence-corrected chi connectivity index (χ0v) is 13.7. The van der Waals surface area contributed by atoms with Crippen molar-refractivity contribution < 1.29 is 14.6 Å². The third-order valence-corrected chi connectivity index (χ3v) is 4.56. The molecular weight excluding hydrogens is 306 g/mol. The van der Waals surface area contributed by atoms with E-state index in [9.17, 15) is 9.90 Å². The van der Waals surface area contributed by atoms with Gasteiger partial charge in [-0.05, 0) is 43.4 Å². The van der Waals surface area contributed by atoms with Crippen LogP contribution in [0.5, 0.6) is 5.75 Å². The van der Waals surface area contributed by atoms with Crippen LogP contribution >= 0.6 is 0 Å². The number of primary amides is 1. The average molecular weight is 328 g/mol. The topological polar surface area (TPSA) is 88.7 Å². The molecule has 6 nitrogen and oxygen atoms in total. The van der Waals surface area contributed by atoms with E-state index < -0.39 is 12.1 Å². The first-order chi connectivity index (χ1) is 11.6. The standard InChI is InChI=1S/C18H22N3O3/c1-24-13-10-15-14(6-4-7-16(15)20-11-13)17(22)9-12-5-2-3-8-21(12)18(19)23/h2,4,6-7,10-12,17,22H,3,5,8-9H2,1H3,(H2,19,23)/t12-,17?/m1/s1. The van der Waals surface area contributed by atoms with Gasteiger partial charge >= 0.3 is 6.03 Å². The number of amides is 2.